The minimum atomic E-state index is 0.856. The number of hydrogen-bond donors (Lipinski definition) is 0. The Morgan fingerprint density at radius 1 is 0.500 bits per heavy atom. The second kappa shape index (κ2) is 8.49. The highest BCUT2D eigenvalue weighted by atomic mass is 14.3. The first kappa shape index (κ1) is 18.6. The third kappa shape index (κ3) is 3.76. The zero-order chi connectivity index (χ0) is 17.9. The molecule has 0 spiro atoms. The summed E-state index contributed by atoms with van der Waals surface area (Å²) in [6, 6.07) is 2.73. The van der Waals surface area contributed by atoms with E-state index in [4.69, 9.17) is 0 Å². The molecule has 0 atom stereocenters. The Bertz CT molecular complexity index is 551. The summed E-state index contributed by atoms with van der Waals surface area (Å²) in [5.41, 5.74) is 8.78. The van der Waals surface area contributed by atoms with Crippen molar-refractivity contribution in [1.82, 2.24) is 0 Å². The first-order valence-electron chi connectivity index (χ1n) is 11.9. The number of rotatable bonds is 3. The summed E-state index contributed by atoms with van der Waals surface area (Å²) in [4.78, 5) is 0. The molecule has 0 heteroatoms. The van der Waals surface area contributed by atoms with Crippen LogP contribution in [0.2, 0.25) is 0 Å². The molecule has 0 N–H and O–H groups in total. The topological polar surface area (TPSA) is 0 Å². The van der Waals surface area contributed by atoms with Crippen LogP contribution in [0.5, 0.6) is 0 Å². The van der Waals surface area contributed by atoms with Gasteiger partial charge in [-0.05, 0) is 97.9 Å². The predicted octanol–water partition coefficient (Wildman–Crippen LogP) is 8.45. The third-order valence-corrected chi connectivity index (χ3v) is 8.09. The van der Waals surface area contributed by atoms with Crippen molar-refractivity contribution < 1.29 is 0 Å². The van der Waals surface area contributed by atoms with Crippen molar-refractivity contribution in [3.05, 3.63) is 33.9 Å². The van der Waals surface area contributed by atoms with Gasteiger partial charge in [0.1, 0.15) is 0 Å². The standard InChI is InChI=1S/C26H40/c1-19-24(21-12-6-3-7-13-21)18-25(22-14-8-4-9-15-22)20(2)26(19)23-16-10-5-11-17-23/h18,21-23H,3-17H2,1-2H3. The third-order valence-electron chi connectivity index (χ3n) is 8.09. The molecule has 26 heavy (non-hydrogen) atoms. The van der Waals surface area contributed by atoms with Gasteiger partial charge in [0.2, 0.25) is 0 Å². The van der Waals surface area contributed by atoms with Crippen LogP contribution in [-0.4, -0.2) is 0 Å². The number of benzene rings is 1. The molecule has 3 saturated carbocycles. The summed E-state index contributed by atoms with van der Waals surface area (Å²) in [5, 5.41) is 0. The van der Waals surface area contributed by atoms with E-state index >= 15 is 0 Å². The second-order valence-electron chi connectivity index (χ2n) is 9.72. The van der Waals surface area contributed by atoms with Crippen LogP contribution in [0.3, 0.4) is 0 Å². The highest BCUT2D eigenvalue weighted by Crippen LogP contribution is 2.45. The van der Waals surface area contributed by atoms with Gasteiger partial charge in [-0.3, -0.25) is 0 Å². The van der Waals surface area contributed by atoms with E-state index in [9.17, 15) is 0 Å². The quantitative estimate of drug-likeness (QED) is 0.512. The van der Waals surface area contributed by atoms with Crippen molar-refractivity contribution in [3.63, 3.8) is 0 Å². The molecule has 3 aliphatic rings. The van der Waals surface area contributed by atoms with Crippen LogP contribution in [0.15, 0.2) is 6.07 Å². The Morgan fingerprint density at radius 2 is 0.846 bits per heavy atom. The van der Waals surface area contributed by atoms with Gasteiger partial charge in [0.25, 0.3) is 0 Å². The Morgan fingerprint density at radius 3 is 1.23 bits per heavy atom. The normalized spacial score (nSPS) is 24.1. The van der Waals surface area contributed by atoms with Gasteiger partial charge in [-0.15, -0.1) is 0 Å². The summed E-state index contributed by atoms with van der Waals surface area (Å²) in [7, 11) is 0. The molecule has 0 aliphatic heterocycles. The SMILES string of the molecule is Cc1c(C2CCCCC2)cc(C2CCCCC2)c(C)c1C1CCCCC1. The van der Waals surface area contributed by atoms with Crippen LogP contribution in [0.1, 0.15) is 142 Å². The number of hydrogen-bond acceptors (Lipinski definition) is 0. The zero-order valence-corrected chi connectivity index (χ0v) is 17.4. The molecule has 0 unspecified atom stereocenters. The molecule has 144 valence electrons. The minimum absolute atomic E-state index is 0.856. The molecule has 3 aliphatic carbocycles. The highest BCUT2D eigenvalue weighted by molar-refractivity contribution is 5.50. The van der Waals surface area contributed by atoms with Crippen LogP contribution in [0, 0.1) is 13.8 Å². The largest absolute Gasteiger partial charge is 0.0547 e. The lowest BCUT2D eigenvalue weighted by atomic mass is 9.71. The molecule has 0 radical (unpaired) electrons. The average molecular weight is 353 g/mol. The maximum absolute atomic E-state index is 2.73. The van der Waals surface area contributed by atoms with Gasteiger partial charge >= 0.3 is 0 Å². The highest BCUT2D eigenvalue weighted by Gasteiger charge is 2.28. The summed E-state index contributed by atoms with van der Waals surface area (Å²) in [6.07, 6.45) is 21.8. The fraction of sp³-hybridized carbons (Fsp3) is 0.769. The van der Waals surface area contributed by atoms with Crippen molar-refractivity contribution in [2.75, 3.05) is 0 Å². The van der Waals surface area contributed by atoms with Gasteiger partial charge in [-0.2, -0.15) is 0 Å². The molecule has 0 amide bonds. The lowest BCUT2D eigenvalue weighted by Crippen LogP contribution is -2.16. The first-order chi connectivity index (χ1) is 12.8. The molecule has 0 bridgehead atoms. The van der Waals surface area contributed by atoms with Crippen LogP contribution >= 0.6 is 0 Å². The Balaban J connectivity index is 1.76. The molecule has 0 nitrogen and oxygen atoms in total. The summed E-state index contributed by atoms with van der Waals surface area (Å²) >= 11 is 0. The van der Waals surface area contributed by atoms with Gasteiger partial charge in [-0.1, -0.05) is 63.9 Å². The molecule has 0 heterocycles. The van der Waals surface area contributed by atoms with Crippen molar-refractivity contribution in [2.45, 2.75) is 128 Å². The van der Waals surface area contributed by atoms with Crippen molar-refractivity contribution >= 4 is 0 Å². The lowest BCUT2D eigenvalue weighted by Gasteiger charge is -2.34. The zero-order valence-electron chi connectivity index (χ0n) is 17.4. The predicted molar refractivity (Wildman–Crippen MR) is 113 cm³/mol. The van der Waals surface area contributed by atoms with E-state index in [0.29, 0.717) is 0 Å². The van der Waals surface area contributed by atoms with Gasteiger partial charge in [-0.25, -0.2) is 0 Å². The van der Waals surface area contributed by atoms with E-state index in [1.54, 1.807) is 22.3 Å². The molecule has 0 aromatic heterocycles. The Hall–Kier alpha value is -0.780. The molecule has 1 aromatic carbocycles. The van der Waals surface area contributed by atoms with E-state index in [1.165, 1.54) is 96.3 Å². The smallest absolute Gasteiger partial charge is 0.0157 e. The van der Waals surface area contributed by atoms with E-state index in [1.807, 2.05) is 5.56 Å². The average Bonchev–Trinajstić information content (AvgIpc) is 2.70. The maximum atomic E-state index is 2.73. The molecular weight excluding hydrogens is 312 g/mol. The molecule has 1 aromatic rings. The Labute approximate surface area is 162 Å². The monoisotopic (exact) mass is 352 g/mol. The van der Waals surface area contributed by atoms with Gasteiger partial charge in [0, 0.05) is 0 Å². The van der Waals surface area contributed by atoms with E-state index < -0.39 is 0 Å². The molecule has 0 saturated heterocycles. The van der Waals surface area contributed by atoms with Crippen molar-refractivity contribution in [3.8, 4) is 0 Å². The van der Waals surface area contributed by atoms with Gasteiger partial charge in [0.15, 0.2) is 0 Å². The van der Waals surface area contributed by atoms with Crippen LogP contribution in [0.25, 0.3) is 0 Å². The lowest BCUT2D eigenvalue weighted by molar-refractivity contribution is 0.423. The fourth-order valence-electron chi connectivity index (χ4n) is 6.66. The molecule has 3 fully saturated rings. The maximum Gasteiger partial charge on any atom is -0.0157 e. The Kier molecular flexibility index (Phi) is 6.07. The van der Waals surface area contributed by atoms with Gasteiger partial charge < -0.3 is 0 Å². The van der Waals surface area contributed by atoms with Gasteiger partial charge in [0.05, 0.1) is 0 Å². The molecule has 4 rings (SSSR count). The second-order valence-corrected chi connectivity index (χ2v) is 9.72. The molecular formula is C26H40. The van der Waals surface area contributed by atoms with E-state index in [0.717, 1.165) is 17.8 Å². The van der Waals surface area contributed by atoms with Crippen LogP contribution in [0.4, 0.5) is 0 Å². The van der Waals surface area contributed by atoms with E-state index in [2.05, 4.69) is 19.9 Å². The summed E-state index contributed by atoms with van der Waals surface area (Å²) < 4.78 is 0. The van der Waals surface area contributed by atoms with Crippen molar-refractivity contribution in [1.29, 1.82) is 0 Å². The van der Waals surface area contributed by atoms with E-state index in [-0.39, 0.29) is 0 Å². The first-order valence-corrected chi connectivity index (χ1v) is 11.9. The fourth-order valence-corrected chi connectivity index (χ4v) is 6.66. The minimum Gasteiger partial charge on any atom is -0.0547 e. The summed E-state index contributed by atoms with van der Waals surface area (Å²) in [6.45, 7) is 4.98. The van der Waals surface area contributed by atoms with Crippen molar-refractivity contribution in [2.24, 2.45) is 0 Å². The summed E-state index contributed by atoms with van der Waals surface area (Å²) in [5.74, 6) is 2.57. The van der Waals surface area contributed by atoms with Crippen LogP contribution in [-0.2, 0) is 0 Å². The van der Waals surface area contributed by atoms with Crippen LogP contribution < -0.4 is 0 Å².